The van der Waals surface area contributed by atoms with E-state index in [4.69, 9.17) is 14.5 Å². The lowest BCUT2D eigenvalue weighted by atomic mass is 9.96. The van der Waals surface area contributed by atoms with Crippen LogP contribution >= 0.6 is 0 Å². The Labute approximate surface area is 325 Å². The summed E-state index contributed by atoms with van der Waals surface area (Å²) < 4.78 is 41.7. The number of ether oxygens (including phenoxy) is 2. The molecule has 2 aliphatic heterocycles. The van der Waals surface area contributed by atoms with Gasteiger partial charge in [-0.25, -0.2) is 13.2 Å². The van der Waals surface area contributed by atoms with Crippen LogP contribution in [0.4, 0.5) is 4.79 Å². The van der Waals surface area contributed by atoms with Gasteiger partial charge < -0.3 is 25.0 Å². The number of allylic oxidation sites excluding steroid dienone is 2. The van der Waals surface area contributed by atoms with Gasteiger partial charge in [-0.15, -0.1) is 6.58 Å². The third kappa shape index (κ3) is 7.55. The topological polar surface area (TPSA) is 195 Å². The zero-order valence-corrected chi connectivity index (χ0v) is 32.2. The zero-order valence-electron chi connectivity index (χ0n) is 31.4. The summed E-state index contributed by atoms with van der Waals surface area (Å²) in [5.41, 5.74) is -1.16. The summed E-state index contributed by atoms with van der Waals surface area (Å²) in [6.07, 6.45) is 13.8. The highest BCUT2D eigenvalue weighted by Gasteiger charge is 2.62. The monoisotopic (exact) mass is 790 g/mol. The second kappa shape index (κ2) is 15.3. The SMILES string of the molecule is C=C[C@@H]1C[C@]1(NC(=O)C1CC2CN1C(=O)[C@H](C1CCCC1)NC(=O)O[C@@H]1CCC[C@H]1CC/C=C/Cc1c(nc3ccccn3c1=O)O2)C(=O)NS(=O)(=O)C1CC1. The largest absolute Gasteiger partial charge is 0.472 e. The van der Waals surface area contributed by atoms with E-state index in [2.05, 4.69) is 21.9 Å². The van der Waals surface area contributed by atoms with Gasteiger partial charge in [-0.1, -0.05) is 37.1 Å². The quantitative estimate of drug-likeness (QED) is 0.351. The van der Waals surface area contributed by atoms with Gasteiger partial charge in [0.05, 0.1) is 17.4 Å². The molecule has 16 heteroatoms. The van der Waals surface area contributed by atoms with Gasteiger partial charge in [0.25, 0.3) is 11.5 Å². The fourth-order valence-corrected chi connectivity index (χ4v) is 10.6. The van der Waals surface area contributed by atoms with Crippen molar-refractivity contribution in [1.82, 2.24) is 29.6 Å². The molecule has 1 saturated heterocycles. The number of fused-ring (bicyclic) bond motifs is 5. The van der Waals surface area contributed by atoms with Gasteiger partial charge in [-0.05, 0) is 88.2 Å². The molecule has 4 aliphatic carbocycles. The smallest absolute Gasteiger partial charge is 0.408 e. The summed E-state index contributed by atoms with van der Waals surface area (Å²) in [4.78, 5) is 76.4. The maximum atomic E-state index is 14.8. The molecule has 0 radical (unpaired) electrons. The van der Waals surface area contributed by atoms with E-state index in [9.17, 15) is 32.4 Å². The zero-order chi connectivity index (χ0) is 39.2. The first-order valence-electron chi connectivity index (χ1n) is 20.1. The molecule has 300 valence electrons. The Kier molecular flexibility index (Phi) is 10.4. The van der Waals surface area contributed by atoms with Crippen molar-refractivity contribution in [2.75, 3.05) is 6.54 Å². The van der Waals surface area contributed by atoms with Crippen LogP contribution in [0.3, 0.4) is 0 Å². The van der Waals surface area contributed by atoms with E-state index < -0.39 is 68.7 Å². The van der Waals surface area contributed by atoms with Crippen LogP contribution in [-0.2, 0) is 35.6 Å². The van der Waals surface area contributed by atoms with Crippen LogP contribution in [0, 0.1) is 17.8 Å². The molecule has 0 aromatic carbocycles. The van der Waals surface area contributed by atoms with Crippen LogP contribution in [0.1, 0.15) is 89.0 Å². The van der Waals surface area contributed by atoms with Crippen molar-refractivity contribution in [2.45, 2.75) is 125 Å². The number of hydrogen-bond donors (Lipinski definition) is 3. The number of sulfonamides is 1. The van der Waals surface area contributed by atoms with Gasteiger partial charge in [0.15, 0.2) is 0 Å². The van der Waals surface area contributed by atoms with Crippen LogP contribution in [0.25, 0.3) is 5.65 Å². The average molecular weight is 791 g/mol. The highest BCUT2D eigenvalue weighted by Crippen LogP contribution is 2.45. The van der Waals surface area contributed by atoms with Crippen LogP contribution in [0.2, 0.25) is 0 Å². The molecule has 15 nitrogen and oxygen atoms in total. The third-order valence-corrected chi connectivity index (χ3v) is 14.4. The number of pyridine rings is 1. The minimum Gasteiger partial charge on any atom is -0.472 e. The second-order valence-corrected chi connectivity index (χ2v) is 18.3. The second-order valence-electron chi connectivity index (χ2n) is 16.3. The summed E-state index contributed by atoms with van der Waals surface area (Å²) in [6, 6.07) is 3.05. The number of carbonyl (C=O) groups excluding carboxylic acids is 4. The highest BCUT2D eigenvalue weighted by atomic mass is 32.2. The molecule has 56 heavy (non-hydrogen) atoms. The summed E-state index contributed by atoms with van der Waals surface area (Å²) >= 11 is 0. The fraction of sp³-hybridized carbons (Fsp3) is 0.600. The molecule has 0 spiro atoms. The molecule has 4 heterocycles. The molecule has 5 fully saturated rings. The Morgan fingerprint density at radius 2 is 1.77 bits per heavy atom. The maximum Gasteiger partial charge on any atom is 0.408 e. The Bertz CT molecular complexity index is 2110. The number of amides is 4. The van der Waals surface area contributed by atoms with E-state index in [1.54, 1.807) is 24.4 Å². The van der Waals surface area contributed by atoms with Gasteiger partial charge in [0.1, 0.15) is 35.5 Å². The number of aromatic nitrogens is 2. The van der Waals surface area contributed by atoms with Crippen molar-refractivity contribution in [3.63, 3.8) is 0 Å². The summed E-state index contributed by atoms with van der Waals surface area (Å²) in [5, 5.41) is 5.08. The molecule has 2 aromatic heterocycles. The van der Waals surface area contributed by atoms with Crippen molar-refractivity contribution in [3.05, 3.63) is 65.1 Å². The van der Waals surface area contributed by atoms with E-state index in [0.717, 1.165) is 44.9 Å². The maximum absolute atomic E-state index is 14.8. The third-order valence-electron chi connectivity index (χ3n) is 12.6. The standard InChI is InChI=1S/C40H50N6O9S/c1-2-26-22-40(26,38(50)44-56(52,53)28-18-19-28)43-34(47)30-21-27-23-46(30)37(49)33(25-12-6-7-13-25)42-39(51)55-31-16-10-14-24(31)11-4-3-5-15-29-35(54-27)41-32-17-8-9-20-45(32)36(29)48/h2-3,5,8-9,17,20,24-28,30-31,33H,1,4,6-7,10-16,18-19,21-23H2,(H,42,51)(H,43,47)(H,44,50)/b5-3+/t24-,26-,27?,30?,31-,33+,40-/m1/s1. The lowest BCUT2D eigenvalue weighted by Gasteiger charge is -2.32. The predicted octanol–water partition coefficient (Wildman–Crippen LogP) is 3.06. The summed E-state index contributed by atoms with van der Waals surface area (Å²) in [7, 11) is -3.92. The normalized spacial score (nSPS) is 31.8. The molecule has 2 unspecified atom stereocenters. The molecule has 4 saturated carbocycles. The van der Waals surface area contributed by atoms with Crippen molar-refractivity contribution in [2.24, 2.45) is 17.8 Å². The van der Waals surface area contributed by atoms with Crippen LogP contribution in [0.15, 0.2) is 54.0 Å². The molecular formula is C40H50N6O9S. The van der Waals surface area contributed by atoms with E-state index in [0.29, 0.717) is 36.9 Å². The lowest BCUT2D eigenvalue weighted by Crippen LogP contribution is -2.59. The van der Waals surface area contributed by atoms with E-state index in [1.165, 1.54) is 15.4 Å². The number of nitrogens with zero attached hydrogens (tertiary/aromatic N) is 3. The molecule has 2 bridgehead atoms. The van der Waals surface area contributed by atoms with E-state index >= 15 is 0 Å². The molecule has 4 amide bonds. The number of rotatable bonds is 7. The fourth-order valence-electron chi connectivity index (χ4n) is 9.20. The number of hydrogen-bond acceptors (Lipinski definition) is 10. The molecule has 7 atom stereocenters. The Morgan fingerprint density at radius 3 is 2.52 bits per heavy atom. The number of carbonyl (C=O) groups is 4. The number of nitrogens with one attached hydrogen (secondary N) is 3. The number of alkyl carbamates (subject to hydrolysis) is 1. The molecular weight excluding hydrogens is 741 g/mol. The van der Waals surface area contributed by atoms with Gasteiger partial charge in [0, 0.05) is 25.0 Å². The Morgan fingerprint density at radius 1 is 0.982 bits per heavy atom. The average Bonchev–Trinajstić information content (AvgIpc) is 3.96. The summed E-state index contributed by atoms with van der Waals surface area (Å²) in [5.74, 6) is -2.48. The van der Waals surface area contributed by atoms with E-state index in [1.807, 2.05) is 12.2 Å². The molecule has 6 aliphatic rings. The van der Waals surface area contributed by atoms with Crippen molar-refractivity contribution in [1.29, 1.82) is 0 Å². The van der Waals surface area contributed by atoms with Crippen molar-refractivity contribution < 1.29 is 37.1 Å². The minimum absolute atomic E-state index is 0.0227. The highest BCUT2D eigenvalue weighted by molar-refractivity contribution is 7.91. The molecule has 3 N–H and O–H groups in total. The first-order chi connectivity index (χ1) is 27.0. The van der Waals surface area contributed by atoms with Crippen LogP contribution in [0.5, 0.6) is 5.88 Å². The minimum atomic E-state index is -3.92. The first kappa shape index (κ1) is 38.2. The first-order valence-corrected chi connectivity index (χ1v) is 21.6. The van der Waals surface area contributed by atoms with Crippen LogP contribution in [-0.4, -0.2) is 88.1 Å². The lowest BCUT2D eigenvalue weighted by molar-refractivity contribution is -0.142. The Balaban J connectivity index is 1.14. The van der Waals surface area contributed by atoms with Gasteiger partial charge >= 0.3 is 6.09 Å². The Hall–Kier alpha value is -4.73. The van der Waals surface area contributed by atoms with Gasteiger partial charge in [-0.2, -0.15) is 4.98 Å². The van der Waals surface area contributed by atoms with E-state index in [-0.39, 0.29) is 55.2 Å². The van der Waals surface area contributed by atoms with Gasteiger partial charge in [0.2, 0.25) is 27.7 Å². The molecule has 8 rings (SSSR count). The predicted molar refractivity (Wildman–Crippen MR) is 204 cm³/mol. The summed E-state index contributed by atoms with van der Waals surface area (Å²) in [6.45, 7) is 3.72. The van der Waals surface area contributed by atoms with Crippen LogP contribution < -0.4 is 25.7 Å². The van der Waals surface area contributed by atoms with Crippen molar-refractivity contribution >= 4 is 39.5 Å². The van der Waals surface area contributed by atoms with Crippen molar-refractivity contribution in [3.8, 4) is 5.88 Å². The van der Waals surface area contributed by atoms with Gasteiger partial charge in [-0.3, -0.25) is 28.3 Å². The molecule has 2 aromatic rings.